The minimum absolute atomic E-state index is 0.216. The van der Waals surface area contributed by atoms with E-state index in [2.05, 4.69) is 10.6 Å². The van der Waals surface area contributed by atoms with Crippen LogP contribution in [0.2, 0.25) is 0 Å². The van der Waals surface area contributed by atoms with Gasteiger partial charge in [-0.1, -0.05) is 37.3 Å². The maximum atomic E-state index is 12.8. The van der Waals surface area contributed by atoms with Crippen LogP contribution < -0.4 is 16.4 Å². The molecule has 0 aromatic heterocycles. The maximum Gasteiger partial charge on any atom is 0.338 e. The summed E-state index contributed by atoms with van der Waals surface area (Å²) in [6.07, 6.45) is 0. The highest BCUT2D eigenvalue weighted by molar-refractivity contribution is 5.99. The SMILES string of the molecule is CCNc1ccc(C(=O)OCC)cc1NC(=O)C(C)C(N)c1ccccc1. The number of hydrogen-bond acceptors (Lipinski definition) is 5. The Morgan fingerprint density at radius 3 is 2.41 bits per heavy atom. The van der Waals surface area contributed by atoms with Gasteiger partial charge < -0.3 is 21.1 Å². The van der Waals surface area contributed by atoms with Crippen molar-refractivity contribution >= 4 is 23.3 Å². The molecule has 0 heterocycles. The van der Waals surface area contributed by atoms with Gasteiger partial charge in [0.25, 0.3) is 0 Å². The second-order valence-electron chi connectivity index (χ2n) is 6.23. The molecule has 0 aliphatic carbocycles. The van der Waals surface area contributed by atoms with Crippen LogP contribution in [0.15, 0.2) is 48.5 Å². The minimum Gasteiger partial charge on any atom is -0.462 e. The lowest BCUT2D eigenvalue weighted by Crippen LogP contribution is -2.30. The Morgan fingerprint density at radius 1 is 1.07 bits per heavy atom. The molecular formula is C21H27N3O3. The van der Waals surface area contributed by atoms with Crippen LogP contribution in [0.5, 0.6) is 0 Å². The van der Waals surface area contributed by atoms with Crippen LogP contribution >= 0.6 is 0 Å². The van der Waals surface area contributed by atoms with E-state index in [0.717, 1.165) is 11.3 Å². The number of ether oxygens (including phenoxy) is 1. The van der Waals surface area contributed by atoms with Crippen LogP contribution in [0.4, 0.5) is 11.4 Å². The van der Waals surface area contributed by atoms with E-state index in [0.29, 0.717) is 24.4 Å². The molecule has 4 N–H and O–H groups in total. The molecule has 6 nitrogen and oxygen atoms in total. The van der Waals surface area contributed by atoms with E-state index in [9.17, 15) is 9.59 Å². The van der Waals surface area contributed by atoms with E-state index in [1.165, 1.54) is 0 Å². The van der Waals surface area contributed by atoms with Crippen molar-refractivity contribution in [2.75, 3.05) is 23.8 Å². The van der Waals surface area contributed by atoms with Gasteiger partial charge in [-0.15, -0.1) is 0 Å². The molecule has 0 aliphatic rings. The van der Waals surface area contributed by atoms with Crippen molar-refractivity contribution in [1.82, 2.24) is 0 Å². The van der Waals surface area contributed by atoms with Crippen LogP contribution in [0.1, 0.15) is 42.7 Å². The summed E-state index contributed by atoms with van der Waals surface area (Å²) >= 11 is 0. The first-order valence-corrected chi connectivity index (χ1v) is 9.14. The molecule has 0 saturated carbocycles. The maximum absolute atomic E-state index is 12.8. The van der Waals surface area contributed by atoms with Crippen molar-refractivity contribution in [3.05, 3.63) is 59.7 Å². The van der Waals surface area contributed by atoms with Gasteiger partial charge in [-0.25, -0.2) is 4.79 Å². The summed E-state index contributed by atoms with van der Waals surface area (Å²) in [4.78, 5) is 24.8. The van der Waals surface area contributed by atoms with Crippen molar-refractivity contribution in [1.29, 1.82) is 0 Å². The molecule has 6 heteroatoms. The number of benzene rings is 2. The van der Waals surface area contributed by atoms with Gasteiger partial charge in [0.05, 0.1) is 29.5 Å². The first-order valence-electron chi connectivity index (χ1n) is 9.14. The summed E-state index contributed by atoms with van der Waals surface area (Å²) in [5, 5.41) is 6.08. The first kappa shape index (κ1) is 20.5. The average Bonchev–Trinajstić information content (AvgIpc) is 2.69. The molecule has 0 saturated heterocycles. The second-order valence-corrected chi connectivity index (χ2v) is 6.23. The summed E-state index contributed by atoms with van der Waals surface area (Å²) in [7, 11) is 0. The molecule has 0 fully saturated rings. The lowest BCUT2D eigenvalue weighted by Gasteiger charge is -2.21. The van der Waals surface area contributed by atoms with E-state index < -0.39 is 17.9 Å². The van der Waals surface area contributed by atoms with Gasteiger partial charge in [0.15, 0.2) is 0 Å². The molecule has 2 aromatic carbocycles. The zero-order chi connectivity index (χ0) is 19.8. The molecule has 144 valence electrons. The summed E-state index contributed by atoms with van der Waals surface area (Å²) < 4.78 is 5.04. The highest BCUT2D eigenvalue weighted by atomic mass is 16.5. The van der Waals surface area contributed by atoms with Gasteiger partial charge in [-0.2, -0.15) is 0 Å². The van der Waals surface area contributed by atoms with Gasteiger partial charge >= 0.3 is 5.97 Å². The van der Waals surface area contributed by atoms with Crippen molar-refractivity contribution in [2.45, 2.75) is 26.8 Å². The molecule has 27 heavy (non-hydrogen) atoms. The number of carbonyl (C=O) groups excluding carboxylic acids is 2. The van der Waals surface area contributed by atoms with E-state index in [-0.39, 0.29) is 5.91 Å². The Morgan fingerprint density at radius 2 is 1.78 bits per heavy atom. The van der Waals surface area contributed by atoms with Crippen LogP contribution in [-0.4, -0.2) is 25.0 Å². The van der Waals surface area contributed by atoms with E-state index >= 15 is 0 Å². The number of rotatable bonds is 8. The number of nitrogens with one attached hydrogen (secondary N) is 2. The molecule has 1 amide bonds. The van der Waals surface area contributed by atoms with E-state index in [1.807, 2.05) is 37.3 Å². The number of anilines is 2. The van der Waals surface area contributed by atoms with Crippen LogP contribution in [0.3, 0.4) is 0 Å². The monoisotopic (exact) mass is 369 g/mol. The predicted molar refractivity (Wildman–Crippen MR) is 108 cm³/mol. The molecule has 0 bridgehead atoms. The van der Waals surface area contributed by atoms with Crippen LogP contribution in [0, 0.1) is 5.92 Å². The molecule has 2 rings (SSSR count). The summed E-state index contributed by atoms with van der Waals surface area (Å²) in [5.41, 5.74) is 8.80. The third kappa shape index (κ3) is 5.31. The summed E-state index contributed by atoms with van der Waals surface area (Å²) in [5.74, 6) is -1.09. The number of nitrogens with two attached hydrogens (primary N) is 1. The third-order valence-electron chi connectivity index (χ3n) is 4.29. The first-order chi connectivity index (χ1) is 13.0. The molecule has 2 unspecified atom stereocenters. The van der Waals surface area contributed by atoms with Gasteiger partial charge in [-0.3, -0.25) is 4.79 Å². The second kappa shape index (κ2) is 9.73. The highest BCUT2D eigenvalue weighted by Gasteiger charge is 2.23. The van der Waals surface area contributed by atoms with Gasteiger partial charge in [-0.05, 0) is 37.6 Å². The lowest BCUT2D eigenvalue weighted by atomic mass is 9.94. The van der Waals surface area contributed by atoms with Gasteiger partial charge in [0.1, 0.15) is 0 Å². The fraction of sp³-hybridized carbons (Fsp3) is 0.333. The van der Waals surface area contributed by atoms with Crippen LogP contribution in [-0.2, 0) is 9.53 Å². The average molecular weight is 369 g/mol. The predicted octanol–water partition coefficient (Wildman–Crippen LogP) is 3.57. The Balaban J connectivity index is 2.21. The smallest absolute Gasteiger partial charge is 0.338 e. The zero-order valence-corrected chi connectivity index (χ0v) is 16.0. The number of hydrogen-bond donors (Lipinski definition) is 3. The highest BCUT2D eigenvalue weighted by Crippen LogP contribution is 2.26. The van der Waals surface area contributed by atoms with Crippen molar-refractivity contribution in [3.8, 4) is 0 Å². The van der Waals surface area contributed by atoms with Crippen molar-refractivity contribution in [2.24, 2.45) is 11.7 Å². The topological polar surface area (TPSA) is 93.5 Å². The standard InChI is InChI=1S/C21H27N3O3/c1-4-23-17-12-11-16(21(26)27-5-2)13-18(17)24-20(25)14(3)19(22)15-9-7-6-8-10-15/h6-14,19,23H,4-5,22H2,1-3H3,(H,24,25). The van der Waals surface area contributed by atoms with Crippen molar-refractivity contribution < 1.29 is 14.3 Å². The number of esters is 1. The quantitative estimate of drug-likeness (QED) is 0.619. The molecular weight excluding hydrogens is 342 g/mol. The Kier molecular flexibility index (Phi) is 7.37. The Hall–Kier alpha value is -2.86. The van der Waals surface area contributed by atoms with Crippen molar-refractivity contribution in [3.63, 3.8) is 0 Å². The zero-order valence-electron chi connectivity index (χ0n) is 16.0. The Bertz CT molecular complexity index is 777. The minimum atomic E-state index is -0.451. The fourth-order valence-electron chi connectivity index (χ4n) is 2.71. The number of amides is 1. The van der Waals surface area contributed by atoms with Gasteiger partial charge in [0.2, 0.25) is 5.91 Å². The fourth-order valence-corrected chi connectivity index (χ4v) is 2.71. The molecule has 0 aliphatic heterocycles. The molecule has 2 aromatic rings. The third-order valence-corrected chi connectivity index (χ3v) is 4.29. The summed E-state index contributed by atoms with van der Waals surface area (Å²) in [6, 6.07) is 14.1. The normalized spacial score (nSPS) is 12.7. The molecule has 2 atom stereocenters. The van der Waals surface area contributed by atoms with E-state index in [1.54, 1.807) is 32.0 Å². The lowest BCUT2D eigenvalue weighted by molar-refractivity contribution is -0.120. The Labute approximate surface area is 160 Å². The number of carbonyl (C=O) groups is 2. The van der Waals surface area contributed by atoms with Crippen LogP contribution in [0.25, 0.3) is 0 Å². The molecule has 0 spiro atoms. The molecule has 0 radical (unpaired) electrons. The largest absolute Gasteiger partial charge is 0.462 e. The summed E-state index contributed by atoms with van der Waals surface area (Å²) in [6.45, 7) is 6.47. The van der Waals surface area contributed by atoms with E-state index in [4.69, 9.17) is 10.5 Å². The van der Waals surface area contributed by atoms with Gasteiger partial charge in [0, 0.05) is 12.6 Å².